The van der Waals surface area contributed by atoms with Gasteiger partial charge in [0, 0.05) is 5.54 Å². The zero-order chi connectivity index (χ0) is 10.2. The van der Waals surface area contributed by atoms with E-state index in [1.54, 1.807) is 0 Å². The van der Waals surface area contributed by atoms with Crippen molar-refractivity contribution in [3.63, 3.8) is 0 Å². The standard InChI is InChI=1S/C7H14ClNO.C2H6/c1-4-7(2,3)9-6(10)5-8;1-2/h4-5H2,1-3H3,(H,9,10);1-2H3. The maximum Gasteiger partial charge on any atom is 0.235 e. The first-order chi connectivity index (χ1) is 5.52. The highest BCUT2D eigenvalue weighted by atomic mass is 35.5. The Hall–Kier alpha value is -0.240. The molecule has 2 nitrogen and oxygen atoms in total. The fraction of sp³-hybridized carbons (Fsp3) is 0.889. The van der Waals surface area contributed by atoms with Gasteiger partial charge >= 0.3 is 0 Å². The first-order valence-corrected chi connectivity index (χ1v) is 4.92. The highest BCUT2D eigenvalue weighted by Gasteiger charge is 2.16. The van der Waals surface area contributed by atoms with Gasteiger partial charge in [0.15, 0.2) is 0 Å². The Morgan fingerprint density at radius 1 is 1.42 bits per heavy atom. The summed E-state index contributed by atoms with van der Waals surface area (Å²) in [6.07, 6.45) is 0.912. The maximum absolute atomic E-state index is 10.7. The van der Waals surface area contributed by atoms with Gasteiger partial charge in [0.25, 0.3) is 0 Å². The minimum Gasteiger partial charge on any atom is -0.350 e. The molecule has 3 heteroatoms. The number of amides is 1. The lowest BCUT2D eigenvalue weighted by Gasteiger charge is -2.23. The summed E-state index contributed by atoms with van der Waals surface area (Å²) in [5, 5.41) is 2.78. The largest absolute Gasteiger partial charge is 0.350 e. The molecule has 0 aliphatic carbocycles. The van der Waals surface area contributed by atoms with Crippen molar-refractivity contribution in [2.75, 3.05) is 5.88 Å². The van der Waals surface area contributed by atoms with Crippen LogP contribution < -0.4 is 5.32 Å². The molecule has 0 saturated heterocycles. The van der Waals surface area contributed by atoms with Crippen LogP contribution >= 0.6 is 11.6 Å². The van der Waals surface area contributed by atoms with Crippen molar-refractivity contribution < 1.29 is 4.79 Å². The first-order valence-electron chi connectivity index (χ1n) is 4.39. The van der Waals surface area contributed by atoms with Crippen LogP contribution in [0.3, 0.4) is 0 Å². The number of alkyl halides is 1. The van der Waals surface area contributed by atoms with Crippen molar-refractivity contribution in [1.82, 2.24) is 5.32 Å². The lowest BCUT2D eigenvalue weighted by atomic mass is 10.0. The summed E-state index contributed by atoms with van der Waals surface area (Å²) in [5.74, 6) is -0.0582. The quantitative estimate of drug-likeness (QED) is 0.686. The molecule has 0 spiro atoms. The van der Waals surface area contributed by atoms with Crippen molar-refractivity contribution in [3.05, 3.63) is 0 Å². The van der Waals surface area contributed by atoms with E-state index in [-0.39, 0.29) is 17.3 Å². The molecule has 0 bridgehead atoms. The van der Waals surface area contributed by atoms with Crippen molar-refractivity contribution in [3.8, 4) is 0 Å². The third-order valence-corrected chi connectivity index (χ3v) is 1.73. The lowest BCUT2D eigenvalue weighted by molar-refractivity contribution is -0.120. The summed E-state index contributed by atoms with van der Waals surface area (Å²) in [6, 6.07) is 0. The molecule has 0 aliphatic rings. The molecule has 12 heavy (non-hydrogen) atoms. The summed E-state index contributed by atoms with van der Waals surface area (Å²) in [5.41, 5.74) is -0.119. The van der Waals surface area contributed by atoms with Gasteiger partial charge in [-0.25, -0.2) is 0 Å². The molecule has 0 aliphatic heterocycles. The normalized spacial score (nSPS) is 9.83. The average Bonchev–Trinajstić information content (AvgIpc) is 2.07. The van der Waals surface area contributed by atoms with Crippen LogP contribution in [0.25, 0.3) is 0 Å². The van der Waals surface area contributed by atoms with E-state index >= 15 is 0 Å². The molecule has 0 aromatic heterocycles. The van der Waals surface area contributed by atoms with Gasteiger partial charge in [0.05, 0.1) is 0 Å². The molecule has 1 amide bonds. The van der Waals surface area contributed by atoms with Gasteiger partial charge < -0.3 is 5.32 Å². The van der Waals surface area contributed by atoms with Gasteiger partial charge in [0.2, 0.25) is 5.91 Å². The van der Waals surface area contributed by atoms with Gasteiger partial charge in [-0.3, -0.25) is 4.79 Å². The predicted octanol–water partition coefficient (Wildman–Crippen LogP) is 2.56. The molecular formula is C9H20ClNO. The second-order valence-electron chi connectivity index (χ2n) is 2.92. The van der Waals surface area contributed by atoms with Gasteiger partial charge in [-0.2, -0.15) is 0 Å². The van der Waals surface area contributed by atoms with Gasteiger partial charge in [-0.1, -0.05) is 20.8 Å². The monoisotopic (exact) mass is 193 g/mol. The topological polar surface area (TPSA) is 29.1 Å². The van der Waals surface area contributed by atoms with Crippen LogP contribution in [-0.4, -0.2) is 17.3 Å². The summed E-state index contributed by atoms with van der Waals surface area (Å²) in [4.78, 5) is 10.7. The molecule has 0 aromatic rings. The third kappa shape index (κ3) is 7.86. The number of nitrogens with one attached hydrogen (secondary N) is 1. The summed E-state index contributed by atoms with van der Waals surface area (Å²) < 4.78 is 0. The molecule has 74 valence electrons. The van der Waals surface area contributed by atoms with Crippen molar-refractivity contribution in [2.24, 2.45) is 0 Å². The van der Waals surface area contributed by atoms with Crippen LogP contribution in [0, 0.1) is 0 Å². The molecule has 0 saturated carbocycles. The van der Waals surface area contributed by atoms with Crippen molar-refractivity contribution in [2.45, 2.75) is 46.6 Å². The smallest absolute Gasteiger partial charge is 0.235 e. The van der Waals surface area contributed by atoms with E-state index in [0.29, 0.717) is 0 Å². The third-order valence-electron chi connectivity index (χ3n) is 1.48. The molecule has 0 atom stereocenters. The first kappa shape index (κ1) is 14.3. The van der Waals surface area contributed by atoms with Crippen LogP contribution in [0.5, 0.6) is 0 Å². The van der Waals surface area contributed by atoms with E-state index in [0.717, 1.165) is 6.42 Å². The van der Waals surface area contributed by atoms with Crippen LogP contribution in [-0.2, 0) is 4.79 Å². The fourth-order valence-corrected chi connectivity index (χ4v) is 0.566. The Morgan fingerprint density at radius 3 is 2.08 bits per heavy atom. The van der Waals surface area contributed by atoms with Gasteiger partial charge in [-0.05, 0) is 20.3 Å². The Morgan fingerprint density at radius 2 is 1.83 bits per heavy atom. The molecule has 0 heterocycles. The zero-order valence-corrected chi connectivity index (χ0v) is 9.46. The van der Waals surface area contributed by atoms with E-state index in [9.17, 15) is 4.79 Å². The Bertz CT molecular complexity index is 124. The molecule has 0 fully saturated rings. The zero-order valence-electron chi connectivity index (χ0n) is 8.70. The SMILES string of the molecule is CC.CCC(C)(C)NC(=O)CCl. The fourth-order valence-electron chi connectivity index (χ4n) is 0.499. The summed E-state index contributed by atoms with van der Waals surface area (Å²) in [6.45, 7) is 9.96. The van der Waals surface area contributed by atoms with E-state index in [4.69, 9.17) is 11.6 Å². The molecule has 0 rings (SSSR count). The van der Waals surface area contributed by atoms with Crippen LogP contribution in [0.15, 0.2) is 0 Å². The highest BCUT2D eigenvalue weighted by Crippen LogP contribution is 2.06. The minimum atomic E-state index is -0.119. The highest BCUT2D eigenvalue weighted by molar-refractivity contribution is 6.27. The molecule has 0 unspecified atom stereocenters. The Kier molecular flexibility index (Phi) is 8.83. The van der Waals surface area contributed by atoms with Gasteiger partial charge in [0.1, 0.15) is 5.88 Å². The Balaban J connectivity index is 0. The van der Waals surface area contributed by atoms with E-state index in [1.165, 1.54) is 0 Å². The lowest BCUT2D eigenvalue weighted by Crippen LogP contribution is -2.43. The summed E-state index contributed by atoms with van der Waals surface area (Å²) >= 11 is 5.30. The van der Waals surface area contributed by atoms with Gasteiger partial charge in [-0.15, -0.1) is 11.6 Å². The molecular weight excluding hydrogens is 174 g/mol. The number of hydrogen-bond donors (Lipinski definition) is 1. The second kappa shape index (κ2) is 7.41. The molecule has 0 radical (unpaired) electrons. The predicted molar refractivity (Wildman–Crippen MR) is 54.6 cm³/mol. The van der Waals surface area contributed by atoms with Crippen LogP contribution in [0.4, 0.5) is 0 Å². The number of carbonyl (C=O) groups excluding carboxylic acids is 1. The van der Waals surface area contributed by atoms with Crippen LogP contribution in [0.1, 0.15) is 41.0 Å². The van der Waals surface area contributed by atoms with Crippen LogP contribution in [0.2, 0.25) is 0 Å². The van der Waals surface area contributed by atoms with E-state index < -0.39 is 0 Å². The number of carbonyl (C=O) groups is 1. The van der Waals surface area contributed by atoms with Crippen molar-refractivity contribution in [1.29, 1.82) is 0 Å². The van der Waals surface area contributed by atoms with E-state index in [1.807, 2.05) is 34.6 Å². The average molecular weight is 194 g/mol. The number of hydrogen-bond acceptors (Lipinski definition) is 1. The molecule has 0 aromatic carbocycles. The Labute approximate surface area is 80.7 Å². The number of rotatable bonds is 3. The maximum atomic E-state index is 10.7. The van der Waals surface area contributed by atoms with Crippen molar-refractivity contribution >= 4 is 17.5 Å². The number of halogens is 1. The summed E-state index contributed by atoms with van der Waals surface area (Å²) in [7, 11) is 0. The molecule has 1 N–H and O–H groups in total. The minimum absolute atomic E-state index is 0.0451. The van der Waals surface area contributed by atoms with E-state index in [2.05, 4.69) is 5.32 Å². The second-order valence-corrected chi connectivity index (χ2v) is 3.19.